The van der Waals surface area contributed by atoms with Gasteiger partial charge in [-0.15, -0.1) is 6.58 Å². The van der Waals surface area contributed by atoms with Crippen LogP contribution >= 0.6 is 0 Å². The zero-order chi connectivity index (χ0) is 9.97. The van der Waals surface area contributed by atoms with Gasteiger partial charge in [0.05, 0.1) is 24.8 Å². The van der Waals surface area contributed by atoms with Crippen LogP contribution in [0.5, 0.6) is 0 Å². The molecule has 2 nitrogen and oxygen atoms in total. The predicted molar refractivity (Wildman–Crippen MR) is 53.8 cm³/mol. The first-order valence-corrected chi connectivity index (χ1v) is 4.59. The molecule has 1 heterocycles. The summed E-state index contributed by atoms with van der Waals surface area (Å²) in [5, 5.41) is 8.92. The molecular weight excluding hydrogens is 174 g/mol. The van der Waals surface area contributed by atoms with E-state index < -0.39 is 0 Å². The summed E-state index contributed by atoms with van der Waals surface area (Å²) in [4.78, 5) is 0. The highest BCUT2D eigenvalue weighted by Crippen LogP contribution is 2.29. The Morgan fingerprint density at radius 3 is 3.14 bits per heavy atom. The Hall–Kier alpha value is -1.59. The Labute approximate surface area is 83.4 Å². The minimum absolute atomic E-state index is 0.229. The van der Waals surface area contributed by atoms with Gasteiger partial charge in [0, 0.05) is 5.92 Å². The van der Waals surface area contributed by atoms with Crippen LogP contribution in [0.4, 0.5) is 0 Å². The smallest absolute Gasteiger partial charge is 0.0995 e. The van der Waals surface area contributed by atoms with Gasteiger partial charge in [-0.05, 0) is 17.2 Å². The molecule has 1 aliphatic heterocycles. The van der Waals surface area contributed by atoms with Crippen LogP contribution in [0.25, 0.3) is 0 Å². The maximum absolute atomic E-state index is 8.92. The fourth-order valence-corrected chi connectivity index (χ4v) is 1.79. The van der Waals surface area contributed by atoms with E-state index in [1.807, 2.05) is 24.3 Å². The molecule has 70 valence electrons. The van der Waals surface area contributed by atoms with E-state index in [9.17, 15) is 0 Å². The molecule has 1 atom stereocenters. The summed E-state index contributed by atoms with van der Waals surface area (Å²) in [6.07, 6.45) is 1.87. The molecule has 0 amide bonds. The highest BCUT2D eigenvalue weighted by Gasteiger charge is 2.19. The second-order valence-corrected chi connectivity index (χ2v) is 3.34. The molecule has 1 aromatic rings. The molecule has 0 fully saturated rings. The van der Waals surface area contributed by atoms with E-state index in [2.05, 4.69) is 12.6 Å². The molecule has 1 aliphatic rings. The van der Waals surface area contributed by atoms with Crippen LogP contribution in [0.2, 0.25) is 0 Å². The topological polar surface area (TPSA) is 33.0 Å². The second kappa shape index (κ2) is 3.65. The van der Waals surface area contributed by atoms with E-state index in [0.717, 1.165) is 5.56 Å². The van der Waals surface area contributed by atoms with Gasteiger partial charge in [-0.3, -0.25) is 0 Å². The van der Waals surface area contributed by atoms with Crippen LogP contribution in [-0.2, 0) is 11.3 Å². The first-order chi connectivity index (χ1) is 6.86. The number of nitrogens with zero attached hydrogens (tertiary/aromatic N) is 1. The molecule has 0 aromatic heterocycles. The second-order valence-electron chi connectivity index (χ2n) is 3.34. The fraction of sp³-hybridized carbons (Fsp3) is 0.250. The number of benzene rings is 1. The van der Waals surface area contributed by atoms with E-state index in [-0.39, 0.29) is 5.92 Å². The lowest BCUT2D eigenvalue weighted by molar-refractivity contribution is 0.101. The molecule has 0 bridgehead atoms. The average Bonchev–Trinajstić information content (AvgIpc) is 2.27. The number of rotatable bonds is 1. The van der Waals surface area contributed by atoms with Gasteiger partial charge in [0.2, 0.25) is 0 Å². The molecule has 0 N–H and O–H groups in total. The van der Waals surface area contributed by atoms with Gasteiger partial charge in [0.25, 0.3) is 0 Å². The van der Waals surface area contributed by atoms with Gasteiger partial charge in [0.15, 0.2) is 0 Å². The highest BCUT2D eigenvalue weighted by molar-refractivity contribution is 5.45. The van der Waals surface area contributed by atoms with Crippen molar-refractivity contribution < 1.29 is 4.74 Å². The van der Waals surface area contributed by atoms with Crippen LogP contribution in [-0.4, -0.2) is 6.61 Å². The number of ether oxygens (including phenoxy) is 1. The van der Waals surface area contributed by atoms with Gasteiger partial charge in [-0.2, -0.15) is 5.26 Å². The molecule has 0 aliphatic carbocycles. The summed E-state index contributed by atoms with van der Waals surface area (Å²) < 4.78 is 5.42. The Morgan fingerprint density at radius 2 is 2.43 bits per heavy atom. The molecule has 1 aromatic carbocycles. The van der Waals surface area contributed by atoms with Crippen LogP contribution < -0.4 is 0 Å². The van der Waals surface area contributed by atoms with Crippen LogP contribution in [0, 0.1) is 11.3 Å². The minimum atomic E-state index is 0.229. The molecule has 1 unspecified atom stereocenters. The third kappa shape index (κ3) is 1.32. The summed E-state index contributed by atoms with van der Waals surface area (Å²) in [5.41, 5.74) is 2.92. The third-order valence-corrected chi connectivity index (χ3v) is 2.56. The molecule has 2 rings (SSSR count). The van der Waals surface area contributed by atoms with E-state index in [4.69, 9.17) is 10.00 Å². The maximum Gasteiger partial charge on any atom is 0.0995 e. The van der Waals surface area contributed by atoms with Crippen LogP contribution in [0.15, 0.2) is 30.9 Å². The van der Waals surface area contributed by atoms with Crippen LogP contribution in [0.1, 0.15) is 22.6 Å². The van der Waals surface area contributed by atoms with Gasteiger partial charge in [-0.25, -0.2) is 0 Å². The van der Waals surface area contributed by atoms with Crippen LogP contribution in [0.3, 0.4) is 0 Å². The van der Waals surface area contributed by atoms with Crippen molar-refractivity contribution in [3.63, 3.8) is 0 Å². The summed E-state index contributed by atoms with van der Waals surface area (Å²) in [6.45, 7) is 4.99. The lowest BCUT2D eigenvalue weighted by Gasteiger charge is -2.23. The molecule has 0 saturated heterocycles. The van der Waals surface area contributed by atoms with E-state index in [1.54, 1.807) is 0 Å². The summed E-state index contributed by atoms with van der Waals surface area (Å²) in [6, 6.07) is 7.98. The normalized spacial score (nSPS) is 19.5. The molecular formula is C12H11NO. The lowest BCUT2D eigenvalue weighted by Crippen LogP contribution is -2.16. The summed E-state index contributed by atoms with van der Waals surface area (Å²) >= 11 is 0. The zero-order valence-electron chi connectivity index (χ0n) is 7.86. The van der Waals surface area contributed by atoms with E-state index in [1.165, 1.54) is 5.56 Å². The minimum Gasteiger partial charge on any atom is -0.376 e. The van der Waals surface area contributed by atoms with Crippen molar-refractivity contribution in [2.24, 2.45) is 0 Å². The quantitative estimate of drug-likeness (QED) is 0.629. The van der Waals surface area contributed by atoms with Crippen molar-refractivity contribution >= 4 is 0 Å². The lowest BCUT2D eigenvalue weighted by atomic mass is 9.90. The monoisotopic (exact) mass is 185 g/mol. The van der Waals surface area contributed by atoms with E-state index in [0.29, 0.717) is 18.8 Å². The maximum atomic E-state index is 8.92. The molecule has 2 heteroatoms. The fourth-order valence-electron chi connectivity index (χ4n) is 1.79. The third-order valence-electron chi connectivity index (χ3n) is 2.56. The first-order valence-electron chi connectivity index (χ1n) is 4.59. The van der Waals surface area contributed by atoms with Crippen molar-refractivity contribution in [1.82, 2.24) is 0 Å². The number of fused-ring (bicyclic) bond motifs is 1. The van der Waals surface area contributed by atoms with Gasteiger partial charge in [-0.1, -0.05) is 18.2 Å². The Kier molecular flexibility index (Phi) is 2.34. The zero-order valence-corrected chi connectivity index (χ0v) is 7.86. The Balaban J connectivity index is 2.55. The van der Waals surface area contributed by atoms with Crippen molar-refractivity contribution in [3.8, 4) is 6.07 Å². The molecule has 0 saturated carbocycles. The highest BCUT2D eigenvalue weighted by atomic mass is 16.5. The van der Waals surface area contributed by atoms with Crippen molar-refractivity contribution in [2.75, 3.05) is 6.61 Å². The van der Waals surface area contributed by atoms with Gasteiger partial charge >= 0.3 is 0 Å². The number of hydrogen-bond donors (Lipinski definition) is 0. The van der Waals surface area contributed by atoms with Crippen molar-refractivity contribution in [3.05, 3.63) is 47.5 Å². The Bertz CT molecular complexity index is 403. The molecule has 14 heavy (non-hydrogen) atoms. The largest absolute Gasteiger partial charge is 0.376 e. The SMILES string of the molecule is C=CC1COCc2c(C#N)cccc21. The molecule has 0 spiro atoms. The predicted octanol–water partition coefficient (Wildman–Crippen LogP) is 2.36. The summed E-state index contributed by atoms with van der Waals surface area (Å²) in [7, 11) is 0. The summed E-state index contributed by atoms with van der Waals surface area (Å²) in [5.74, 6) is 0.229. The average molecular weight is 185 g/mol. The van der Waals surface area contributed by atoms with E-state index >= 15 is 0 Å². The van der Waals surface area contributed by atoms with Gasteiger partial charge < -0.3 is 4.74 Å². The first kappa shape index (κ1) is 8.98. The van der Waals surface area contributed by atoms with Gasteiger partial charge in [0.1, 0.15) is 0 Å². The Morgan fingerprint density at radius 1 is 1.57 bits per heavy atom. The number of hydrogen-bond acceptors (Lipinski definition) is 2. The number of nitriles is 1. The van der Waals surface area contributed by atoms with Crippen molar-refractivity contribution in [2.45, 2.75) is 12.5 Å². The van der Waals surface area contributed by atoms with Crippen molar-refractivity contribution in [1.29, 1.82) is 5.26 Å². The standard InChI is InChI=1S/C12H11NO/c1-2-9-7-14-8-12-10(6-13)4-3-5-11(9)12/h2-5,9H,1,7-8H2. The molecule has 0 radical (unpaired) electrons.